The Balaban J connectivity index is 1.39. The summed E-state index contributed by atoms with van der Waals surface area (Å²) in [6, 6.07) is 12.6. The van der Waals surface area contributed by atoms with E-state index in [4.69, 9.17) is 0 Å². The highest BCUT2D eigenvalue weighted by Gasteiger charge is 2.31. The Hall–Kier alpha value is -3.42. The van der Waals surface area contributed by atoms with E-state index in [1.165, 1.54) is 23.9 Å². The fourth-order valence-corrected chi connectivity index (χ4v) is 5.42. The van der Waals surface area contributed by atoms with E-state index in [-0.39, 0.29) is 11.7 Å². The molecule has 10 heteroatoms. The van der Waals surface area contributed by atoms with Crippen LogP contribution in [0.2, 0.25) is 0 Å². The Bertz CT molecular complexity index is 1410. The standard InChI is InChI=1S/C24H21FN6OS2/c1-14-15(2)30(18-6-3-5-16(25)11-18)22(19(14)12-26)27-21(32)13-34-24-29-28-23(20-7-4-10-33-20)31(24)17-8-9-17/h3-7,10-11,17H,8-9,13H2,1-2H3,(H,27,32). The molecular formula is C24H21FN6OS2. The van der Waals surface area contributed by atoms with E-state index in [0.29, 0.717) is 28.3 Å². The quantitative estimate of drug-likeness (QED) is 0.345. The van der Waals surface area contributed by atoms with Crippen molar-refractivity contribution >= 4 is 34.8 Å². The smallest absolute Gasteiger partial charge is 0.236 e. The molecule has 172 valence electrons. The predicted octanol–water partition coefficient (Wildman–Crippen LogP) is 5.49. The number of carbonyl (C=O) groups is 1. The van der Waals surface area contributed by atoms with Crippen LogP contribution in [0.25, 0.3) is 16.4 Å². The first-order valence-electron chi connectivity index (χ1n) is 10.8. The van der Waals surface area contributed by atoms with Gasteiger partial charge >= 0.3 is 0 Å². The minimum atomic E-state index is -0.393. The minimum Gasteiger partial charge on any atom is -0.310 e. The maximum atomic E-state index is 13.9. The summed E-state index contributed by atoms with van der Waals surface area (Å²) in [7, 11) is 0. The molecule has 0 spiro atoms. The van der Waals surface area contributed by atoms with Gasteiger partial charge in [-0.05, 0) is 61.9 Å². The first kappa shape index (κ1) is 22.4. The fraction of sp³-hybridized carbons (Fsp3) is 0.250. The zero-order valence-corrected chi connectivity index (χ0v) is 20.2. The van der Waals surface area contributed by atoms with Crippen LogP contribution < -0.4 is 5.32 Å². The summed E-state index contributed by atoms with van der Waals surface area (Å²) in [5.74, 6) is 0.609. The van der Waals surface area contributed by atoms with Crippen molar-refractivity contribution in [2.75, 3.05) is 11.1 Å². The first-order valence-corrected chi connectivity index (χ1v) is 12.6. The highest BCUT2D eigenvalue weighted by Crippen LogP contribution is 2.41. The van der Waals surface area contributed by atoms with Gasteiger partial charge in [0.15, 0.2) is 11.0 Å². The van der Waals surface area contributed by atoms with Crippen molar-refractivity contribution in [3.05, 3.63) is 64.4 Å². The number of thiophene rings is 1. The number of nitriles is 1. The lowest BCUT2D eigenvalue weighted by atomic mass is 10.2. The number of hydrogen-bond acceptors (Lipinski definition) is 6. The molecule has 3 aromatic heterocycles. The Kier molecular flexibility index (Phi) is 5.98. The van der Waals surface area contributed by atoms with Gasteiger partial charge in [-0.3, -0.25) is 13.9 Å². The topological polar surface area (TPSA) is 88.5 Å². The first-order chi connectivity index (χ1) is 16.5. The predicted molar refractivity (Wildman–Crippen MR) is 131 cm³/mol. The number of halogens is 1. The van der Waals surface area contributed by atoms with E-state index < -0.39 is 5.82 Å². The number of anilines is 1. The number of nitrogens with one attached hydrogen (secondary N) is 1. The lowest BCUT2D eigenvalue weighted by Gasteiger charge is -2.13. The monoisotopic (exact) mass is 492 g/mol. The lowest BCUT2D eigenvalue weighted by Crippen LogP contribution is -2.18. The van der Waals surface area contributed by atoms with Gasteiger partial charge in [0, 0.05) is 11.7 Å². The van der Waals surface area contributed by atoms with Crippen LogP contribution in [0.5, 0.6) is 0 Å². The van der Waals surface area contributed by atoms with Gasteiger partial charge in [-0.2, -0.15) is 5.26 Å². The third kappa shape index (κ3) is 4.13. The van der Waals surface area contributed by atoms with Crippen molar-refractivity contribution in [2.24, 2.45) is 0 Å². The summed E-state index contributed by atoms with van der Waals surface area (Å²) in [5, 5.41) is 24.0. The number of carbonyl (C=O) groups excluding carboxylic acids is 1. The molecule has 0 bridgehead atoms. The molecule has 1 fully saturated rings. The van der Waals surface area contributed by atoms with Crippen LogP contribution in [-0.2, 0) is 4.79 Å². The average molecular weight is 493 g/mol. The van der Waals surface area contributed by atoms with Gasteiger partial charge in [-0.1, -0.05) is 23.9 Å². The molecule has 4 aromatic rings. The van der Waals surface area contributed by atoms with E-state index in [9.17, 15) is 14.4 Å². The molecule has 0 atom stereocenters. The number of aromatic nitrogens is 4. The molecule has 3 heterocycles. The van der Waals surface area contributed by atoms with E-state index in [2.05, 4.69) is 26.2 Å². The molecule has 0 aliphatic heterocycles. The Labute approximate surface area is 204 Å². The summed E-state index contributed by atoms with van der Waals surface area (Å²) >= 11 is 2.93. The molecule has 0 radical (unpaired) electrons. The molecule has 1 N–H and O–H groups in total. The molecule has 5 rings (SSSR count). The summed E-state index contributed by atoms with van der Waals surface area (Å²) in [4.78, 5) is 14.0. The van der Waals surface area contributed by atoms with E-state index >= 15 is 0 Å². The summed E-state index contributed by atoms with van der Waals surface area (Å²) in [5.41, 5.74) is 2.41. The van der Waals surface area contributed by atoms with Crippen LogP contribution in [0.15, 0.2) is 46.9 Å². The Morgan fingerprint density at radius 1 is 1.29 bits per heavy atom. The average Bonchev–Trinajstić information content (AvgIpc) is 3.25. The molecule has 1 amide bonds. The normalized spacial score (nSPS) is 13.1. The highest BCUT2D eigenvalue weighted by molar-refractivity contribution is 7.99. The molecular weight excluding hydrogens is 471 g/mol. The zero-order chi connectivity index (χ0) is 23.8. The molecule has 0 saturated heterocycles. The minimum absolute atomic E-state index is 0.104. The van der Waals surface area contributed by atoms with Crippen molar-refractivity contribution in [2.45, 2.75) is 37.9 Å². The maximum Gasteiger partial charge on any atom is 0.236 e. The second-order valence-electron chi connectivity index (χ2n) is 8.08. The summed E-state index contributed by atoms with van der Waals surface area (Å²) in [6.45, 7) is 3.66. The molecule has 1 aromatic carbocycles. The number of benzene rings is 1. The molecule has 1 aliphatic rings. The molecule has 7 nitrogen and oxygen atoms in total. The number of hydrogen-bond donors (Lipinski definition) is 1. The van der Waals surface area contributed by atoms with Gasteiger partial charge in [0.1, 0.15) is 17.7 Å². The van der Waals surface area contributed by atoms with Gasteiger partial charge in [0.25, 0.3) is 0 Å². The number of rotatable bonds is 7. The van der Waals surface area contributed by atoms with E-state index in [1.54, 1.807) is 28.0 Å². The van der Waals surface area contributed by atoms with Crippen LogP contribution in [0.1, 0.15) is 35.7 Å². The largest absolute Gasteiger partial charge is 0.310 e. The van der Waals surface area contributed by atoms with Crippen LogP contribution in [-0.4, -0.2) is 31.0 Å². The van der Waals surface area contributed by atoms with E-state index in [1.807, 2.05) is 31.4 Å². The van der Waals surface area contributed by atoms with Crippen LogP contribution in [0.4, 0.5) is 10.2 Å². The summed E-state index contributed by atoms with van der Waals surface area (Å²) in [6.07, 6.45) is 2.14. The fourth-order valence-electron chi connectivity index (χ4n) is 3.91. The van der Waals surface area contributed by atoms with Crippen LogP contribution in [0.3, 0.4) is 0 Å². The van der Waals surface area contributed by atoms with Gasteiger partial charge in [-0.25, -0.2) is 4.39 Å². The number of nitrogens with zero attached hydrogens (tertiary/aromatic N) is 5. The van der Waals surface area contributed by atoms with Gasteiger partial charge in [-0.15, -0.1) is 21.5 Å². The molecule has 1 saturated carbocycles. The van der Waals surface area contributed by atoms with Crippen molar-refractivity contribution in [1.29, 1.82) is 5.26 Å². The van der Waals surface area contributed by atoms with Crippen molar-refractivity contribution in [3.8, 4) is 22.5 Å². The van der Waals surface area contributed by atoms with Crippen molar-refractivity contribution < 1.29 is 9.18 Å². The van der Waals surface area contributed by atoms with Crippen LogP contribution >= 0.6 is 23.1 Å². The zero-order valence-electron chi connectivity index (χ0n) is 18.6. The van der Waals surface area contributed by atoms with Crippen molar-refractivity contribution in [3.63, 3.8) is 0 Å². The van der Waals surface area contributed by atoms with Crippen molar-refractivity contribution in [1.82, 2.24) is 19.3 Å². The number of thioether (sulfide) groups is 1. The Morgan fingerprint density at radius 2 is 2.12 bits per heavy atom. The highest BCUT2D eigenvalue weighted by atomic mass is 32.2. The second-order valence-corrected chi connectivity index (χ2v) is 9.97. The molecule has 0 unspecified atom stereocenters. The van der Waals surface area contributed by atoms with Gasteiger partial charge in [0.2, 0.25) is 5.91 Å². The number of amides is 1. The Morgan fingerprint density at radius 3 is 2.79 bits per heavy atom. The SMILES string of the molecule is Cc1c(C#N)c(NC(=O)CSc2nnc(-c3cccs3)n2C2CC2)n(-c2cccc(F)c2)c1C. The molecule has 34 heavy (non-hydrogen) atoms. The third-order valence-electron chi connectivity index (χ3n) is 5.80. The third-order valence-corrected chi connectivity index (χ3v) is 7.61. The van der Waals surface area contributed by atoms with E-state index in [0.717, 1.165) is 34.8 Å². The summed E-state index contributed by atoms with van der Waals surface area (Å²) < 4.78 is 17.7. The van der Waals surface area contributed by atoms with Gasteiger partial charge in [0.05, 0.1) is 21.9 Å². The molecule has 1 aliphatic carbocycles. The maximum absolute atomic E-state index is 13.9. The second kappa shape index (κ2) is 9.08. The van der Waals surface area contributed by atoms with Gasteiger partial charge < -0.3 is 5.32 Å². The lowest BCUT2D eigenvalue weighted by molar-refractivity contribution is -0.113. The van der Waals surface area contributed by atoms with Crippen LogP contribution in [0, 0.1) is 31.0 Å².